The van der Waals surface area contributed by atoms with Crippen LogP contribution in [0.5, 0.6) is 0 Å². The summed E-state index contributed by atoms with van der Waals surface area (Å²) in [6.07, 6.45) is -0.957. The van der Waals surface area contributed by atoms with E-state index in [1.165, 1.54) is 40.8 Å². The molecule has 15 heteroatoms. The molecule has 1 fully saturated rings. The number of nitrogens with zero attached hydrogens (tertiary/aromatic N) is 5. The van der Waals surface area contributed by atoms with Crippen molar-refractivity contribution in [2.24, 2.45) is 0 Å². The summed E-state index contributed by atoms with van der Waals surface area (Å²) in [7, 11) is 0. The lowest BCUT2D eigenvalue weighted by Gasteiger charge is -2.40. The number of halogens is 2. The lowest BCUT2D eigenvalue weighted by Crippen LogP contribution is -2.63. The third-order valence-corrected chi connectivity index (χ3v) is 6.45. The highest BCUT2D eigenvalue weighted by atomic mass is 19.3. The minimum atomic E-state index is -3.04. The molecule has 13 nitrogen and oxygen atoms in total. The number of aliphatic hydroxyl groups excluding tert-OH is 1. The molecule has 0 aliphatic carbocycles. The van der Waals surface area contributed by atoms with Crippen LogP contribution in [0.25, 0.3) is 16.7 Å². The van der Waals surface area contributed by atoms with E-state index >= 15 is 0 Å². The molecule has 4 heterocycles. The predicted molar refractivity (Wildman–Crippen MR) is 134 cm³/mol. The van der Waals surface area contributed by atoms with Crippen molar-refractivity contribution >= 4 is 40.1 Å². The zero-order valence-electron chi connectivity index (χ0n) is 20.7. The molecule has 204 valence electrons. The molecule has 4 aromatic rings. The Morgan fingerprint density at radius 2 is 2.00 bits per heavy atom. The number of hydrogen-bond donors (Lipinski definition) is 3. The Morgan fingerprint density at radius 1 is 1.23 bits per heavy atom. The molecule has 1 aliphatic rings. The average molecular weight is 543 g/mol. The second kappa shape index (κ2) is 9.59. The molecule has 1 saturated heterocycles. The smallest absolute Gasteiger partial charge is 0.321 e. The second-order valence-corrected chi connectivity index (χ2v) is 9.05. The van der Waals surface area contributed by atoms with Gasteiger partial charge in [0.2, 0.25) is 0 Å². The van der Waals surface area contributed by atoms with Crippen molar-refractivity contribution in [3.05, 3.63) is 58.6 Å². The lowest BCUT2D eigenvalue weighted by atomic mass is 9.94. The van der Waals surface area contributed by atoms with E-state index in [4.69, 9.17) is 15.0 Å². The summed E-state index contributed by atoms with van der Waals surface area (Å²) in [5, 5.41) is 21.9. The Bertz CT molecular complexity index is 1650. The highest BCUT2D eigenvalue weighted by Gasteiger charge is 2.51. The maximum absolute atomic E-state index is 13.5. The highest BCUT2D eigenvalue weighted by molar-refractivity contribution is 6.06. The molecule has 5 rings (SSSR count). The molecule has 4 N–H and O–H groups in total. The molecule has 1 aliphatic heterocycles. The van der Waals surface area contributed by atoms with E-state index in [9.17, 15) is 28.3 Å². The number of carbonyl (C=O) groups is 2. The van der Waals surface area contributed by atoms with Gasteiger partial charge in [0.1, 0.15) is 0 Å². The van der Waals surface area contributed by atoms with Gasteiger partial charge in [-0.05, 0) is 32.0 Å². The molecule has 0 bridgehead atoms. The van der Waals surface area contributed by atoms with Crippen molar-refractivity contribution in [2.75, 3.05) is 29.1 Å². The number of benzene rings is 1. The fourth-order valence-corrected chi connectivity index (χ4v) is 4.31. The minimum absolute atomic E-state index is 0.0297. The molecule has 1 aromatic carbocycles. The molecule has 0 radical (unpaired) electrons. The molecular weight excluding hydrogens is 520 g/mol. The second-order valence-electron chi connectivity index (χ2n) is 9.05. The van der Waals surface area contributed by atoms with Crippen LogP contribution < -0.4 is 21.5 Å². The van der Waals surface area contributed by atoms with Crippen LogP contribution in [0.3, 0.4) is 0 Å². The number of nitrogens with two attached hydrogens (primary N) is 1. The van der Waals surface area contributed by atoms with Crippen molar-refractivity contribution in [2.45, 2.75) is 32.1 Å². The summed E-state index contributed by atoms with van der Waals surface area (Å²) < 4.78 is 38.6. The number of carbonyl (C=O) groups excluding carboxylic acids is 2. The van der Waals surface area contributed by atoms with Crippen LogP contribution in [0.4, 0.5) is 26.1 Å². The number of anilines is 3. The molecule has 0 saturated carbocycles. The summed E-state index contributed by atoms with van der Waals surface area (Å²) >= 11 is 0. The number of aliphatic hydroxyl groups is 1. The summed E-state index contributed by atoms with van der Waals surface area (Å²) in [5.74, 6) is -1.32. The lowest BCUT2D eigenvalue weighted by molar-refractivity contribution is -0.170. The maximum Gasteiger partial charge on any atom is 0.321 e. The van der Waals surface area contributed by atoms with Gasteiger partial charge in [-0.1, -0.05) is 5.16 Å². The largest absolute Gasteiger partial charge is 0.380 e. The number of nitrogens with one attached hydrogen (secondary N) is 1. The van der Waals surface area contributed by atoms with Gasteiger partial charge in [-0.2, -0.15) is 8.78 Å². The van der Waals surface area contributed by atoms with Crippen LogP contribution in [0.15, 0.2) is 51.9 Å². The number of aromatic nitrogens is 4. The first kappa shape index (κ1) is 26.0. The third kappa shape index (κ3) is 4.51. The van der Waals surface area contributed by atoms with Crippen LogP contribution in [-0.4, -0.2) is 61.3 Å². The van der Waals surface area contributed by atoms with Crippen LogP contribution in [-0.2, 0) is 14.3 Å². The Balaban J connectivity index is 1.38. The first-order valence-electron chi connectivity index (χ1n) is 11.7. The number of alkyl halides is 2. The topological polar surface area (TPSA) is 171 Å². The Kier molecular flexibility index (Phi) is 6.40. The van der Waals surface area contributed by atoms with Crippen molar-refractivity contribution in [3.8, 4) is 5.69 Å². The first-order chi connectivity index (χ1) is 18.5. The molecule has 39 heavy (non-hydrogen) atoms. The highest BCUT2D eigenvalue weighted by Crippen LogP contribution is 2.30. The SMILES string of the molecule is Cc1cc(N2CCO[C@@](C)([C@@H](O)C(=O)Nc3ccc4c(N)noc4c3)C2=O)nn1-c1ccc(=O)n(C(F)F)c1. The normalized spacial score (nSPS) is 18.6. The fourth-order valence-electron chi connectivity index (χ4n) is 4.31. The van der Waals surface area contributed by atoms with Crippen molar-refractivity contribution in [1.29, 1.82) is 0 Å². The van der Waals surface area contributed by atoms with E-state index in [2.05, 4.69) is 15.6 Å². The van der Waals surface area contributed by atoms with Gasteiger partial charge in [0, 0.05) is 35.8 Å². The van der Waals surface area contributed by atoms with E-state index in [1.807, 2.05) is 0 Å². The van der Waals surface area contributed by atoms with Gasteiger partial charge in [0.15, 0.2) is 28.9 Å². The summed E-state index contributed by atoms with van der Waals surface area (Å²) in [4.78, 5) is 39.4. The van der Waals surface area contributed by atoms with Gasteiger partial charge in [-0.25, -0.2) is 4.68 Å². The van der Waals surface area contributed by atoms with Crippen LogP contribution in [0.2, 0.25) is 0 Å². The van der Waals surface area contributed by atoms with Crippen molar-refractivity contribution < 1.29 is 32.7 Å². The van der Waals surface area contributed by atoms with E-state index in [-0.39, 0.29) is 40.7 Å². The Hall–Kier alpha value is -4.63. The summed E-state index contributed by atoms with van der Waals surface area (Å²) in [6, 6.07) is 8.44. The quantitative estimate of drug-likeness (QED) is 0.327. The van der Waals surface area contributed by atoms with E-state index < -0.39 is 35.6 Å². The summed E-state index contributed by atoms with van der Waals surface area (Å²) in [6.45, 7) is -0.0938. The van der Waals surface area contributed by atoms with E-state index in [0.29, 0.717) is 16.7 Å². The number of ether oxygens (including phenoxy) is 1. The Labute approximate surface area is 218 Å². The maximum atomic E-state index is 13.5. The van der Waals surface area contributed by atoms with Crippen LogP contribution in [0, 0.1) is 6.92 Å². The average Bonchev–Trinajstić information content (AvgIpc) is 3.47. The molecule has 0 unspecified atom stereocenters. The number of rotatable bonds is 6. The van der Waals surface area contributed by atoms with Gasteiger partial charge >= 0.3 is 6.55 Å². The molecule has 3 aromatic heterocycles. The molecule has 2 amide bonds. The van der Waals surface area contributed by atoms with Gasteiger partial charge in [0.05, 0.1) is 24.2 Å². The first-order valence-corrected chi connectivity index (χ1v) is 11.7. The number of fused-ring (bicyclic) bond motifs is 1. The predicted octanol–water partition coefficient (Wildman–Crippen LogP) is 1.58. The van der Waals surface area contributed by atoms with E-state index in [0.717, 1.165) is 12.3 Å². The monoisotopic (exact) mass is 543 g/mol. The minimum Gasteiger partial charge on any atom is -0.380 e. The van der Waals surface area contributed by atoms with Crippen LogP contribution >= 0.6 is 0 Å². The number of hydrogen-bond acceptors (Lipinski definition) is 9. The number of amides is 2. The van der Waals surface area contributed by atoms with E-state index in [1.54, 1.807) is 13.0 Å². The molecular formula is C24H23F2N7O6. The zero-order chi connectivity index (χ0) is 28.1. The van der Waals surface area contributed by atoms with Gasteiger partial charge in [-0.15, -0.1) is 5.10 Å². The molecule has 0 spiro atoms. The van der Waals surface area contributed by atoms with Crippen molar-refractivity contribution in [1.82, 2.24) is 19.5 Å². The zero-order valence-corrected chi connectivity index (χ0v) is 20.7. The van der Waals surface area contributed by atoms with Gasteiger partial charge in [0.25, 0.3) is 17.4 Å². The van der Waals surface area contributed by atoms with Gasteiger partial charge < -0.3 is 25.4 Å². The van der Waals surface area contributed by atoms with Crippen LogP contribution in [0.1, 0.15) is 19.2 Å². The fraction of sp³-hybridized carbons (Fsp3) is 0.292. The number of nitrogen functional groups attached to an aromatic ring is 1. The standard InChI is InChI=1S/C24H23F2N7O6/c1-12-9-17(29-33(12)14-4-6-18(34)32(11-14)23(25)26)31-7-8-38-24(2,22(31)37)19(35)21(36)28-13-3-5-15-16(10-13)39-30-20(15)27/h3-6,9-11,19,23,35H,7-8H2,1-2H3,(H2,27,30)(H,28,36)/t19-,24-/m0/s1. The third-order valence-electron chi connectivity index (χ3n) is 6.45. The number of morpholine rings is 1. The molecule has 2 atom stereocenters. The number of aryl methyl sites for hydroxylation is 1. The Morgan fingerprint density at radius 3 is 2.74 bits per heavy atom. The van der Waals surface area contributed by atoms with Crippen molar-refractivity contribution in [3.63, 3.8) is 0 Å². The summed E-state index contributed by atoms with van der Waals surface area (Å²) in [5.41, 5.74) is 4.08. The number of pyridine rings is 1. The van der Waals surface area contributed by atoms with Gasteiger partial charge in [-0.3, -0.25) is 23.9 Å².